The fourth-order valence-electron chi connectivity index (χ4n) is 4.68. The molecule has 2 aromatic carbocycles. The average molecular weight is 555 g/mol. The predicted molar refractivity (Wildman–Crippen MR) is 149 cm³/mol. The Kier molecular flexibility index (Phi) is 8.63. The van der Waals surface area contributed by atoms with Gasteiger partial charge in [-0.25, -0.2) is 4.98 Å². The van der Waals surface area contributed by atoms with Crippen LogP contribution in [0.1, 0.15) is 59.7 Å². The van der Waals surface area contributed by atoms with Gasteiger partial charge < -0.3 is 26.4 Å². The van der Waals surface area contributed by atoms with E-state index >= 15 is 0 Å². The second kappa shape index (κ2) is 12.0. The molecule has 5 N–H and O–H groups in total. The van der Waals surface area contributed by atoms with Gasteiger partial charge in [0, 0.05) is 11.8 Å². The molecule has 0 spiro atoms. The number of aryl methyl sites for hydroxylation is 1. The van der Waals surface area contributed by atoms with Gasteiger partial charge in [0.1, 0.15) is 17.1 Å². The third-order valence-electron chi connectivity index (χ3n) is 6.57. The summed E-state index contributed by atoms with van der Waals surface area (Å²) in [4.78, 5) is 20.6. The molecule has 0 aliphatic carbocycles. The van der Waals surface area contributed by atoms with Crippen molar-refractivity contribution in [2.75, 3.05) is 23.7 Å². The summed E-state index contributed by atoms with van der Waals surface area (Å²) < 4.78 is 47.8. The Balaban J connectivity index is 1.73. The molecule has 0 unspecified atom stereocenters. The number of ether oxygens (including phenoxy) is 1. The van der Waals surface area contributed by atoms with Gasteiger partial charge in [-0.3, -0.25) is 4.79 Å². The van der Waals surface area contributed by atoms with Gasteiger partial charge >= 0.3 is 6.18 Å². The highest BCUT2D eigenvalue weighted by Crippen LogP contribution is 2.39. The standard InChI is InChI=1S/C29H33F3N6O2/c1-16(2)40-25-14-21(19-9-11-34-12-10-19)17(3)13-24(25)37-28-35-15-22(29(30,31)32)27(38-28)36-23-8-6-5-7-20(23)26(39)18(4)33/h5-8,13-16,19,34H,4,9-12,33H2,1-3H3,(H2,35,36,37,38). The Labute approximate surface area is 231 Å². The molecule has 11 heteroatoms. The molecule has 0 saturated carbocycles. The molecule has 40 heavy (non-hydrogen) atoms. The van der Waals surface area contributed by atoms with E-state index in [9.17, 15) is 18.0 Å². The Morgan fingerprint density at radius 2 is 1.85 bits per heavy atom. The number of aromatic nitrogens is 2. The lowest BCUT2D eigenvalue weighted by molar-refractivity contribution is -0.137. The summed E-state index contributed by atoms with van der Waals surface area (Å²) in [6, 6.07) is 9.96. The molecule has 4 rings (SSSR count). The van der Waals surface area contributed by atoms with Crippen molar-refractivity contribution in [3.8, 4) is 5.75 Å². The first kappa shape index (κ1) is 28.9. The van der Waals surface area contributed by atoms with Crippen molar-refractivity contribution < 1.29 is 22.7 Å². The van der Waals surface area contributed by atoms with Gasteiger partial charge in [0.2, 0.25) is 11.7 Å². The van der Waals surface area contributed by atoms with Gasteiger partial charge in [-0.05, 0) is 88.0 Å². The molecule has 1 aliphatic heterocycles. The Morgan fingerprint density at radius 3 is 2.50 bits per heavy atom. The third kappa shape index (κ3) is 6.71. The average Bonchev–Trinajstić information content (AvgIpc) is 2.89. The summed E-state index contributed by atoms with van der Waals surface area (Å²) in [5.41, 5.74) is 7.13. The van der Waals surface area contributed by atoms with E-state index in [0.29, 0.717) is 23.6 Å². The molecule has 1 saturated heterocycles. The van der Waals surface area contributed by atoms with Gasteiger partial charge in [-0.2, -0.15) is 18.2 Å². The summed E-state index contributed by atoms with van der Waals surface area (Å²) in [6.07, 6.45) is -2.18. The zero-order chi connectivity index (χ0) is 29.0. The second-order valence-corrected chi connectivity index (χ2v) is 10.00. The number of hydrogen-bond acceptors (Lipinski definition) is 8. The number of carbonyl (C=O) groups is 1. The lowest BCUT2D eigenvalue weighted by Gasteiger charge is -2.26. The lowest BCUT2D eigenvalue weighted by atomic mass is 9.87. The Bertz CT molecular complexity index is 1400. The van der Waals surface area contributed by atoms with Crippen LogP contribution in [0.25, 0.3) is 0 Å². The number of nitrogens with two attached hydrogens (primary N) is 1. The number of nitrogens with zero attached hydrogens (tertiary/aromatic N) is 2. The predicted octanol–water partition coefficient (Wildman–Crippen LogP) is 6.20. The second-order valence-electron chi connectivity index (χ2n) is 10.00. The number of allylic oxidation sites excluding steroid dienone is 1. The van der Waals surface area contributed by atoms with E-state index in [1.807, 2.05) is 32.9 Å². The molecule has 8 nitrogen and oxygen atoms in total. The summed E-state index contributed by atoms with van der Waals surface area (Å²) in [5.74, 6) is -0.267. The molecule has 2 heterocycles. The summed E-state index contributed by atoms with van der Waals surface area (Å²) in [6.45, 7) is 11.1. The first-order valence-corrected chi connectivity index (χ1v) is 13.0. The van der Waals surface area contributed by atoms with Crippen LogP contribution in [0.2, 0.25) is 0 Å². The maximum absolute atomic E-state index is 13.9. The van der Waals surface area contributed by atoms with E-state index < -0.39 is 23.3 Å². The van der Waals surface area contributed by atoms with Crippen molar-refractivity contribution in [2.24, 2.45) is 5.73 Å². The van der Waals surface area contributed by atoms with E-state index in [-0.39, 0.29) is 29.0 Å². The number of alkyl halides is 3. The first-order chi connectivity index (χ1) is 18.9. The van der Waals surface area contributed by atoms with E-state index in [2.05, 4.69) is 32.5 Å². The van der Waals surface area contributed by atoms with Gasteiger partial charge in [0.15, 0.2) is 0 Å². The quantitative estimate of drug-likeness (QED) is 0.183. The van der Waals surface area contributed by atoms with E-state index in [1.165, 1.54) is 17.7 Å². The molecule has 0 radical (unpaired) electrons. The Hall–Kier alpha value is -4.12. The number of hydrogen-bond donors (Lipinski definition) is 4. The minimum atomic E-state index is -4.75. The van der Waals surface area contributed by atoms with Crippen LogP contribution in [0.3, 0.4) is 0 Å². The van der Waals surface area contributed by atoms with Crippen molar-refractivity contribution in [1.82, 2.24) is 15.3 Å². The van der Waals surface area contributed by atoms with Crippen LogP contribution in [0.15, 0.2) is 54.9 Å². The molecule has 1 aromatic heterocycles. The fraction of sp³-hybridized carbons (Fsp3) is 0.345. The van der Waals surface area contributed by atoms with Crippen molar-refractivity contribution >= 4 is 28.9 Å². The maximum atomic E-state index is 13.9. The van der Waals surface area contributed by atoms with Crippen molar-refractivity contribution in [3.63, 3.8) is 0 Å². The molecule has 0 bridgehead atoms. The topological polar surface area (TPSA) is 114 Å². The molecule has 3 aromatic rings. The highest BCUT2D eigenvalue weighted by Gasteiger charge is 2.36. The third-order valence-corrected chi connectivity index (χ3v) is 6.57. The first-order valence-electron chi connectivity index (χ1n) is 13.0. The van der Waals surface area contributed by atoms with E-state index in [4.69, 9.17) is 10.5 Å². The molecule has 0 atom stereocenters. The molecule has 0 amide bonds. The largest absolute Gasteiger partial charge is 0.489 e. The van der Waals surface area contributed by atoms with Gasteiger partial charge in [-0.1, -0.05) is 18.7 Å². The van der Waals surface area contributed by atoms with Gasteiger partial charge in [0.25, 0.3) is 0 Å². The molecular weight excluding hydrogens is 521 g/mol. The minimum absolute atomic E-state index is 0.0630. The van der Waals surface area contributed by atoms with Gasteiger partial charge in [0.05, 0.1) is 23.2 Å². The number of ketones is 1. The van der Waals surface area contributed by atoms with Crippen LogP contribution in [0, 0.1) is 6.92 Å². The zero-order valence-electron chi connectivity index (χ0n) is 22.7. The number of piperidine rings is 1. The monoisotopic (exact) mass is 554 g/mol. The number of halogens is 3. The number of Topliss-reactive ketones (excluding diaryl/α,β-unsaturated/α-hetero) is 1. The normalized spacial score (nSPS) is 14.2. The van der Waals surface area contributed by atoms with Crippen LogP contribution in [0.4, 0.5) is 36.3 Å². The molecule has 1 fully saturated rings. The van der Waals surface area contributed by atoms with E-state index in [1.54, 1.807) is 12.1 Å². The molecule has 212 valence electrons. The maximum Gasteiger partial charge on any atom is 0.421 e. The molecular formula is C29H33F3N6O2. The van der Waals surface area contributed by atoms with Crippen LogP contribution in [-0.2, 0) is 6.18 Å². The number of anilines is 4. The number of carbonyl (C=O) groups excluding carboxylic acids is 1. The van der Waals surface area contributed by atoms with Crippen molar-refractivity contribution in [1.29, 1.82) is 0 Å². The highest BCUT2D eigenvalue weighted by atomic mass is 19.4. The molecule has 1 aliphatic rings. The van der Waals surface area contributed by atoms with Crippen molar-refractivity contribution in [2.45, 2.75) is 51.8 Å². The van der Waals surface area contributed by atoms with Crippen LogP contribution >= 0.6 is 0 Å². The number of nitrogens with one attached hydrogen (secondary N) is 3. The van der Waals surface area contributed by atoms with Crippen LogP contribution in [-0.4, -0.2) is 34.9 Å². The SMILES string of the molecule is C=C(N)C(=O)c1ccccc1Nc1nc(Nc2cc(C)c(C3CCNCC3)cc2OC(C)C)ncc1C(F)(F)F. The van der Waals surface area contributed by atoms with Crippen molar-refractivity contribution in [3.05, 3.63) is 77.1 Å². The van der Waals surface area contributed by atoms with Crippen LogP contribution < -0.4 is 26.4 Å². The van der Waals surface area contributed by atoms with E-state index in [0.717, 1.165) is 31.5 Å². The summed E-state index contributed by atoms with van der Waals surface area (Å²) >= 11 is 0. The summed E-state index contributed by atoms with van der Waals surface area (Å²) in [5, 5.41) is 9.07. The Morgan fingerprint density at radius 1 is 1.15 bits per heavy atom. The van der Waals surface area contributed by atoms with Gasteiger partial charge in [-0.15, -0.1) is 0 Å². The minimum Gasteiger partial charge on any atom is -0.489 e. The number of para-hydroxylation sites is 1. The number of rotatable bonds is 9. The fourth-order valence-corrected chi connectivity index (χ4v) is 4.68. The van der Waals surface area contributed by atoms with Crippen LogP contribution in [0.5, 0.6) is 5.75 Å². The highest BCUT2D eigenvalue weighted by molar-refractivity contribution is 6.11. The lowest BCUT2D eigenvalue weighted by Crippen LogP contribution is -2.27. The summed E-state index contributed by atoms with van der Waals surface area (Å²) in [7, 11) is 0. The smallest absolute Gasteiger partial charge is 0.421 e. The number of benzene rings is 2. The zero-order valence-corrected chi connectivity index (χ0v) is 22.7.